The van der Waals surface area contributed by atoms with Crippen LogP contribution in [-0.2, 0) is 0 Å². The van der Waals surface area contributed by atoms with Crippen LogP contribution in [-0.4, -0.2) is 38.0 Å². The number of ketones is 2. The predicted molar refractivity (Wildman–Crippen MR) is 170 cm³/mol. The Kier molecular flexibility index (Phi) is 11.7. The van der Waals surface area contributed by atoms with Gasteiger partial charge in [0.1, 0.15) is 23.0 Å². The third-order valence-corrected chi connectivity index (χ3v) is 6.30. The van der Waals surface area contributed by atoms with E-state index in [9.17, 15) is 9.59 Å². The summed E-state index contributed by atoms with van der Waals surface area (Å²) in [5, 5.41) is 0. The maximum Gasteiger partial charge on any atom is 0.185 e. The molecule has 0 unspecified atom stereocenters. The average Bonchev–Trinajstić information content (AvgIpc) is 3.04. The average molecular weight is 577 g/mol. The van der Waals surface area contributed by atoms with Crippen molar-refractivity contribution in [1.29, 1.82) is 0 Å². The number of allylic oxidation sites excluding steroid dienone is 2. The van der Waals surface area contributed by atoms with Gasteiger partial charge in [-0.25, -0.2) is 0 Å². The summed E-state index contributed by atoms with van der Waals surface area (Å²) in [4.78, 5) is 25.4. The molecule has 43 heavy (non-hydrogen) atoms. The molecule has 4 aromatic carbocycles. The normalized spacial score (nSPS) is 11.0. The van der Waals surface area contributed by atoms with Gasteiger partial charge in [-0.2, -0.15) is 0 Å². The van der Waals surface area contributed by atoms with E-state index in [0.717, 1.165) is 22.6 Å². The third kappa shape index (κ3) is 10.0. The third-order valence-electron chi connectivity index (χ3n) is 6.30. The van der Waals surface area contributed by atoms with Gasteiger partial charge in [-0.15, -0.1) is 0 Å². The number of ether oxygens (including phenoxy) is 4. The van der Waals surface area contributed by atoms with E-state index in [2.05, 4.69) is 0 Å². The summed E-state index contributed by atoms with van der Waals surface area (Å²) in [5.74, 6) is 2.63. The van der Waals surface area contributed by atoms with Crippen LogP contribution in [0.15, 0.2) is 109 Å². The summed E-state index contributed by atoms with van der Waals surface area (Å²) in [6, 6.07) is 29.4. The second-order valence-electron chi connectivity index (χ2n) is 9.51. The molecule has 0 aromatic heterocycles. The van der Waals surface area contributed by atoms with Crippen LogP contribution < -0.4 is 18.9 Å². The highest BCUT2D eigenvalue weighted by molar-refractivity contribution is 6.07. The molecule has 0 heterocycles. The molecule has 6 heteroatoms. The van der Waals surface area contributed by atoms with Gasteiger partial charge in [0.25, 0.3) is 0 Å². The highest BCUT2D eigenvalue weighted by atomic mass is 16.5. The highest BCUT2D eigenvalue weighted by Gasteiger charge is 2.06. The Morgan fingerprint density at radius 1 is 0.535 bits per heavy atom. The van der Waals surface area contributed by atoms with Crippen molar-refractivity contribution in [2.45, 2.75) is 20.3 Å². The maximum atomic E-state index is 12.7. The van der Waals surface area contributed by atoms with Crippen molar-refractivity contribution >= 4 is 23.7 Å². The van der Waals surface area contributed by atoms with Crippen molar-refractivity contribution in [3.63, 3.8) is 0 Å². The molecule has 220 valence electrons. The monoisotopic (exact) mass is 576 g/mol. The first-order chi connectivity index (χ1) is 21.0. The van der Waals surface area contributed by atoms with Crippen LogP contribution in [0.3, 0.4) is 0 Å². The van der Waals surface area contributed by atoms with Gasteiger partial charge in [-0.3, -0.25) is 9.59 Å². The van der Waals surface area contributed by atoms with Crippen LogP contribution in [0.25, 0.3) is 12.2 Å². The molecule has 6 nitrogen and oxygen atoms in total. The molecule has 4 aromatic rings. The van der Waals surface area contributed by atoms with E-state index in [-0.39, 0.29) is 11.6 Å². The smallest absolute Gasteiger partial charge is 0.185 e. The summed E-state index contributed by atoms with van der Waals surface area (Å²) in [6.07, 6.45) is 7.30. The molecule has 0 fully saturated rings. The Hall–Kier alpha value is -5.10. The summed E-state index contributed by atoms with van der Waals surface area (Å²) in [7, 11) is 0. The molecule has 0 aliphatic heterocycles. The fourth-order valence-corrected chi connectivity index (χ4v) is 4.14. The standard InChI is InChI=1S/C37H36O6/c1-3-40-32-18-12-28(13-19-32)16-22-36(38)30-8-5-10-34(26-30)42-24-7-25-43-35-11-6-9-31(27-35)37(39)23-17-29-14-20-33(21-15-29)41-4-2/h5-6,8-23,26-27H,3-4,7,24-25H2,1-2H3/b22-16+,23-17+. The lowest BCUT2D eigenvalue weighted by Gasteiger charge is -2.09. The molecular formula is C37H36O6. The van der Waals surface area contributed by atoms with Crippen molar-refractivity contribution in [1.82, 2.24) is 0 Å². The largest absolute Gasteiger partial charge is 0.494 e. The van der Waals surface area contributed by atoms with Crippen LogP contribution in [0.5, 0.6) is 23.0 Å². The maximum absolute atomic E-state index is 12.7. The van der Waals surface area contributed by atoms with Gasteiger partial charge in [-0.1, -0.05) is 60.7 Å². The molecule has 0 saturated heterocycles. The van der Waals surface area contributed by atoms with Gasteiger partial charge in [-0.05, 0) is 85.7 Å². The summed E-state index contributed by atoms with van der Waals surface area (Å²) >= 11 is 0. The van der Waals surface area contributed by atoms with E-state index in [0.29, 0.717) is 55.5 Å². The molecule has 0 aliphatic rings. The van der Waals surface area contributed by atoms with Gasteiger partial charge in [0, 0.05) is 17.5 Å². The minimum absolute atomic E-state index is 0.105. The lowest BCUT2D eigenvalue weighted by molar-refractivity contribution is 0.103. The predicted octanol–water partition coefficient (Wildman–Crippen LogP) is 8.12. The molecule has 0 bridgehead atoms. The minimum Gasteiger partial charge on any atom is -0.494 e. The quantitative estimate of drug-likeness (QED) is 0.0762. The van der Waals surface area contributed by atoms with Crippen molar-refractivity contribution in [2.24, 2.45) is 0 Å². The number of carbonyl (C=O) groups excluding carboxylic acids is 2. The fraction of sp³-hybridized carbons (Fsp3) is 0.189. The number of benzene rings is 4. The first kappa shape index (κ1) is 30.8. The molecule has 0 atom stereocenters. The van der Waals surface area contributed by atoms with E-state index in [1.165, 1.54) is 0 Å². The van der Waals surface area contributed by atoms with Crippen LogP contribution in [0.1, 0.15) is 52.1 Å². The number of hydrogen-bond donors (Lipinski definition) is 0. The molecule has 0 aliphatic carbocycles. The lowest BCUT2D eigenvalue weighted by Crippen LogP contribution is -2.06. The van der Waals surface area contributed by atoms with Gasteiger partial charge in [0.2, 0.25) is 0 Å². The molecule has 0 amide bonds. The van der Waals surface area contributed by atoms with Gasteiger partial charge < -0.3 is 18.9 Å². The molecular weight excluding hydrogens is 540 g/mol. The zero-order valence-electron chi connectivity index (χ0n) is 24.5. The van der Waals surface area contributed by atoms with E-state index < -0.39 is 0 Å². The van der Waals surface area contributed by atoms with E-state index in [4.69, 9.17) is 18.9 Å². The molecule has 0 saturated carbocycles. The van der Waals surface area contributed by atoms with Crippen molar-refractivity contribution in [3.05, 3.63) is 131 Å². The van der Waals surface area contributed by atoms with Crippen molar-refractivity contribution in [3.8, 4) is 23.0 Å². The second kappa shape index (κ2) is 16.4. The van der Waals surface area contributed by atoms with E-state index >= 15 is 0 Å². The molecule has 4 rings (SSSR count). The van der Waals surface area contributed by atoms with Crippen molar-refractivity contribution < 1.29 is 28.5 Å². The van der Waals surface area contributed by atoms with E-state index in [1.807, 2.05) is 74.5 Å². The fourth-order valence-electron chi connectivity index (χ4n) is 4.14. The highest BCUT2D eigenvalue weighted by Crippen LogP contribution is 2.19. The molecule has 0 radical (unpaired) electrons. The molecule has 0 spiro atoms. The van der Waals surface area contributed by atoms with Crippen molar-refractivity contribution in [2.75, 3.05) is 26.4 Å². The Labute approximate surface area is 253 Å². The van der Waals surface area contributed by atoms with Crippen LogP contribution in [0.4, 0.5) is 0 Å². The zero-order valence-corrected chi connectivity index (χ0v) is 24.5. The number of carbonyl (C=O) groups is 2. The van der Waals surface area contributed by atoms with Crippen LogP contribution >= 0.6 is 0 Å². The Morgan fingerprint density at radius 2 is 0.953 bits per heavy atom. The Morgan fingerprint density at radius 3 is 1.35 bits per heavy atom. The van der Waals surface area contributed by atoms with Crippen LogP contribution in [0.2, 0.25) is 0 Å². The zero-order chi connectivity index (χ0) is 30.3. The number of rotatable bonds is 16. The first-order valence-corrected chi connectivity index (χ1v) is 14.4. The van der Waals surface area contributed by atoms with E-state index in [1.54, 1.807) is 60.7 Å². The minimum atomic E-state index is -0.105. The lowest BCUT2D eigenvalue weighted by atomic mass is 10.1. The summed E-state index contributed by atoms with van der Waals surface area (Å²) < 4.78 is 22.6. The summed E-state index contributed by atoms with van der Waals surface area (Å²) in [6.45, 7) is 5.94. The van der Waals surface area contributed by atoms with Gasteiger partial charge >= 0.3 is 0 Å². The van der Waals surface area contributed by atoms with Crippen LogP contribution in [0, 0.1) is 0 Å². The van der Waals surface area contributed by atoms with Gasteiger partial charge in [0.15, 0.2) is 11.6 Å². The second-order valence-corrected chi connectivity index (χ2v) is 9.51. The number of hydrogen-bond acceptors (Lipinski definition) is 6. The molecule has 0 N–H and O–H groups in total. The SMILES string of the molecule is CCOc1ccc(/C=C/C(=O)c2cccc(OCCCOc3cccc(C(=O)/C=C/c4ccc(OCC)cc4)c3)c2)cc1. The summed E-state index contributed by atoms with van der Waals surface area (Å²) in [5.41, 5.74) is 2.93. The first-order valence-electron chi connectivity index (χ1n) is 14.4. The Bertz CT molecular complexity index is 1420. The topological polar surface area (TPSA) is 71.1 Å². The Balaban J connectivity index is 1.21. The van der Waals surface area contributed by atoms with Gasteiger partial charge in [0.05, 0.1) is 26.4 Å².